The minimum atomic E-state index is -4.79. The minimum Gasteiger partial charge on any atom is -0.444 e. The van der Waals surface area contributed by atoms with Crippen LogP contribution in [0.25, 0.3) is 0 Å². The van der Waals surface area contributed by atoms with Gasteiger partial charge in [0.25, 0.3) is 0 Å². The summed E-state index contributed by atoms with van der Waals surface area (Å²) in [5.41, 5.74) is -3.65. The lowest BCUT2D eigenvalue weighted by Gasteiger charge is -2.38. The molecule has 0 atom stereocenters. The van der Waals surface area contributed by atoms with Crippen molar-refractivity contribution in [3.8, 4) is 0 Å². The minimum absolute atomic E-state index is 0.0400. The highest BCUT2D eigenvalue weighted by Crippen LogP contribution is 2.41. The molecule has 0 saturated carbocycles. The summed E-state index contributed by atoms with van der Waals surface area (Å²) in [5.74, 6) is -0.846. The molecule has 1 saturated heterocycles. The maximum atomic E-state index is 13.9. The second kappa shape index (κ2) is 17.4. The van der Waals surface area contributed by atoms with Crippen molar-refractivity contribution >= 4 is 53.6 Å². The first-order chi connectivity index (χ1) is 23.4. The number of aliphatic imine (C=N–C) groups is 1. The van der Waals surface area contributed by atoms with Gasteiger partial charge in [0.2, 0.25) is 18.3 Å². The van der Waals surface area contributed by atoms with Crippen LogP contribution in [0.15, 0.2) is 17.1 Å². The predicted molar refractivity (Wildman–Crippen MR) is 185 cm³/mol. The smallest absolute Gasteiger partial charge is 0.416 e. The van der Waals surface area contributed by atoms with Gasteiger partial charge in [-0.25, -0.2) is 14.4 Å². The van der Waals surface area contributed by atoms with Crippen molar-refractivity contribution in [2.24, 2.45) is 4.99 Å². The number of nitrogens with zero attached hydrogens (tertiary/aromatic N) is 3. The third-order valence-corrected chi connectivity index (χ3v) is 6.49. The molecule has 1 fully saturated rings. The molecule has 0 aromatic heterocycles. The van der Waals surface area contributed by atoms with Gasteiger partial charge in [0, 0.05) is 39.1 Å². The summed E-state index contributed by atoms with van der Waals surface area (Å²) in [6.45, 7) is 15.9. The van der Waals surface area contributed by atoms with Crippen molar-refractivity contribution in [1.82, 2.24) is 15.5 Å². The molecule has 5 amide bonds. The summed E-state index contributed by atoms with van der Waals surface area (Å²) >= 11 is 0. The van der Waals surface area contributed by atoms with Crippen molar-refractivity contribution in [1.29, 1.82) is 0 Å². The summed E-state index contributed by atoms with van der Waals surface area (Å²) in [4.78, 5) is 69.0. The van der Waals surface area contributed by atoms with Gasteiger partial charge >= 0.3 is 24.5 Å². The summed E-state index contributed by atoms with van der Waals surface area (Å²) in [7, 11) is 0. The standard InChI is InChI=1S/C33H50F3N7O8/c1-30(2,3)49-27(46)40-26(41-28(47)50-31(4,5)6)37-13-11-10-12-24(45)39-23-19-21(33(34,35)36)18-22(38-20-44)25(23)42-14-16-43(17-15-42)29(48)51-32(7,8)9/h18-20H,10-17H2,1-9H3,(H,38,44)(H,39,45)(H2,37,40,41,46,47). The largest absolute Gasteiger partial charge is 0.444 e. The van der Waals surface area contributed by atoms with E-state index >= 15 is 0 Å². The summed E-state index contributed by atoms with van der Waals surface area (Å²) in [6.07, 6.45) is -6.44. The van der Waals surface area contributed by atoms with E-state index < -0.39 is 52.7 Å². The number of ether oxygens (including phenoxy) is 3. The van der Waals surface area contributed by atoms with Gasteiger partial charge in [-0.05, 0) is 87.3 Å². The van der Waals surface area contributed by atoms with E-state index in [4.69, 9.17) is 14.2 Å². The van der Waals surface area contributed by atoms with Gasteiger partial charge in [-0.15, -0.1) is 0 Å². The molecule has 15 nitrogen and oxygen atoms in total. The van der Waals surface area contributed by atoms with Gasteiger partial charge in [0.1, 0.15) is 16.8 Å². The van der Waals surface area contributed by atoms with Crippen LogP contribution in [0.4, 0.5) is 44.6 Å². The Bertz CT molecular complexity index is 1410. The summed E-state index contributed by atoms with van der Waals surface area (Å²) in [5, 5.41) is 9.58. The van der Waals surface area contributed by atoms with Crippen molar-refractivity contribution in [3.05, 3.63) is 17.7 Å². The molecular formula is C33H50F3N7O8. The lowest BCUT2D eigenvalue weighted by atomic mass is 10.1. The zero-order valence-corrected chi connectivity index (χ0v) is 30.6. The monoisotopic (exact) mass is 729 g/mol. The topological polar surface area (TPSA) is 180 Å². The fraction of sp³-hybridized carbons (Fsp3) is 0.636. The first kappa shape index (κ1) is 42.4. The van der Waals surface area contributed by atoms with Gasteiger partial charge in [-0.2, -0.15) is 13.2 Å². The number of benzene rings is 1. The molecule has 51 heavy (non-hydrogen) atoms. The van der Waals surface area contributed by atoms with Crippen LogP contribution in [0.2, 0.25) is 0 Å². The van der Waals surface area contributed by atoms with E-state index in [0.29, 0.717) is 0 Å². The zero-order valence-electron chi connectivity index (χ0n) is 30.6. The molecule has 0 aliphatic carbocycles. The van der Waals surface area contributed by atoms with Crippen LogP contribution >= 0.6 is 0 Å². The maximum Gasteiger partial charge on any atom is 0.416 e. The number of piperazine rings is 1. The van der Waals surface area contributed by atoms with Crippen LogP contribution in [0.1, 0.15) is 87.1 Å². The first-order valence-electron chi connectivity index (χ1n) is 16.4. The van der Waals surface area contributed by atoms with Gasteiger partial charge in [0.05, 0.1) is 22.6 Å². The van der Waals surface area contributed by atoms with Crippen molar-refractivity contribution in [3.63, 3.8) is 0 Å². The summed E-state index contributed by atoms with van der Waals surface area (Å²) in [6, 6.07) is 1.58. The quantitative estimate of drug-likeness (QED) is 0.0798. The van der Waals surface area contributed by atoms with E-state index in [9.17, 15) is 37.1 Å². The van der Waals surface area contributed by atoms with E-state index in [1.54, 1.807) is 67.2 Å². The number of rotatable bonds is 9. The molecule has 2 rings (SSSR count). The number of unbranched alkanes of at least 4 members (excludes halogenated alkanes) is 1. The SMILES string of the molecule is CC(C)(C)OC(=O)NC(=NCCCCC(=O)Nc1cc(C(F)(F)F)cc(NC=O)c1N1CCN(C(=O)OC(C)(C)C)CC1)NC(=O)OC(C)(C)C. The molecule has 4 N–H and O–H groups in total. The van der Waals surface area contributed by atoms with Crippen LogP contribution in [-0.2, 0) is 30.0 Å². The maximum absolute atomic E-state index is 13.9. The number of halogens is 3. The number of hydrogen-bond donors (Lipinski definition) is 4. The Morgan fingerprint density at radius 1 is 0.784 bits per heavy atom. The zero-order chi connectivity index (χ0) is 38.8. The Morgan fingerprint density at radius 3 is 1.76 bits per heavy atom. The third-order valence-electron chi connectivity index (χ3n) is 6.49. The van der Waals surface area contributed by atoms with E-state index in [-0.39, 0.29) is 81.4 Å². The van der Waals surface area contributed by atoms with Crippen molar-refractivity contribution in [2.45, 2.75) is 105 Å². The number of alkyl carbamates (subject to hydrolysis) is 2. The molecule has 0 bridgehead atoms. The number of hydrogen-bond acceptors (Lipinski definition) is 10. The average molecular weight is 730 g/mol. The van der Waals surface area contributed by atoms with E-state index in [2.05, 4.69) is 26.3 Å². The summed E-state index contributed by atoms with van der Waals surface area (Å²) < 4.78 is 57.4. The van der Waals surface area contributed by atoms with Crippen LogP contribution in [0.5, 0.6) is 0 Å². The average Bonchev–Trinajstić information content (AvgIpc) is 2.93. The van der Waals surface area contributed by atoms with Gasteiger partial charge in [-0.1, -0.05) is 0 Å². The molecule has 1 aromatic rings. The van der Waals surface area contributed by atoms with Crippen molar-refractivity contribution in [2.75, 3.05) is 48.3 Å². The lowest BCUT2D eigenvalue weighted by molar-refractivity contribution is -0.137. The van der Waals surface area contributed by atoms with Crippen LogP contribution in [0.3, 0.4) is 0 Å². The highest BCUT2D eigenvalue weighted by Gasteiger charge is 2.35. The Labute approximate surface area is 296 Å². The molecule has 0 spiro atoms. The van der Waals surface area contributed by atoms with Crippen LogP contribution in [-0.4, -0.2) is 91.0 Å². The molecule has 18 heteroatoms. The van der Waals surface area contributed by atoms with E-state index in [1.807, 2.05) is 0 Å². The number of carbonyl (C=O) groups is 5. The first-order valence-corrected chi connectivity index (χ1v) is 16.4. The highest BCUT2D eigenvalue weighted by atomic mass is 19.4. The number of guanidine groups is 1. The molecule has 1 aliphatic rings. The molecular weight excluding hydrogens is 679 g/mol. The van der Waals surface area contributed by atoms with Crippen LogP contribution < -0.4 is 26.2 Å². The molecule has 0 unspecified atom stereocenters. The lowest BCUT2D eigenvalue weighted by Crippen LogP contribution is -2.50. The Kier molecular flexibility index (Phi) is 14.5. The highest BCUT2D eigenvalue weighted by molar-refractivity contribution is 6.01. The second-order valence-electron chi connectivity index (χ2n) is 14.6. The molecule has 1 aromatic carbocycles. The van der Waals surface area contributed by atoms with Gasteiger partial charge < -0.3 is 34.6 Å². The second-order valence-corrected chi connectivity index (χ2v) is 14.6. The van der Waals surface area contributed by atoms with Gasteiger partial charge in [0.15, 0.2) is 0 Å². The molecule has 1 aliphatic heterocycles. The predicted octanol–water partition coefficient (Wildman–Crippen LogP) is 5.85. The number of anilines is 3. The fourth-order valence-corrected chi connectivity index (χ4v) is 4.56. The molecule has 286 valence electrons. The van der Waals surface area contributed by atoms with Crippen LogP contribution in [0, 0.1) is 0 Å². The normalized spacial score (nSPS) is 13.8. The Balaban J connectivity index is 2.19. The number of amides is 5. The number of carbonyl (C=O) groups excluding carboxylic acids is 5. The van der Waals surface area contributed by atoms with Crippen molar-refractivity contribution < 1.29 is 51.4 Å². The Morgan fingerprint density at radius 2 is 1.29 bits per heavy atom. The third kappa shape index (κ3) is 15.8. The number of alkyl halides is 3. The van der Waals surface area contributed by atoms with E-state index in [0.717, 1.165) is 12.1 Å². The fourth-order valence-electron chi connectivity index (χ4n) is 4.56. The number of nitrogens with one attached hydrogen (secondary N) is 4. The van der Waals surface area contributed by atoms with Gasteiger partial charge in [-0.3, -0.25) is 25.2 Å². The Hall–Kier alpha value is -4.77. The molecule has 0 radical (unpaired) electrons. The molecule has 1 heterocycles. The van der Waals surface area contributed by atoms with E-state index in [1.165, 1.54) is 4.90 Å².